The van der Waals surface area contributed by atoms with Crippen molar-refractivity contribution in [1.29, 1.82) is 0 Å². The lowest BCUT2D eigenvalue weighted by molar-refractivity contribution is -0.135. The number of hydrogen-bond donors (Lipinski definition) is 0. The molecule has 5 heteroatoms. The topological polar surface area (TPSA) is 61.8 Å². The fraction of sp³-hybridized carbons (Fsp3) is 0.200. The number of hydrogen-bond acceptors (Lipinski definition) is 5. The zero-order valence-electron chi connectivity index (χ0n) is 14.4. The average Bonchev–Trinajstić information content (AvgIpc) is 2.62. The first kappa shape index (κ1) is 18.3. The van der Waals surface area contributed by atoms with Crippen molar-refractivity contribution in [2.45, 2.75) is 13.3 Å². The molecule has 0 radical (unpaired) electrons. The Morgan fingerprint density at radius 3 is 2.48 bits per heavy atom. The van der Waals surface area contributed by atoms with Gasteiger partial charge in [0.05, 0.1) is 20.6 Å². The molecule has 25 heavy (non-hydrogen) atoms. The van der Waals surface area contributed by atoms with Crippen LogP contribution in [0, 0.1) is 6.92 Å². The lowest BCUT2D eigenvalue weighted by atomic mass is 10.1. The van der Waals surface area contributed by atoms with Crippen LogP contribution in [0.5, 0.6) is 11.5 Å². The van der Waals surface area contributed by atoms with Gasteiger partial charge in [-0.15, -0.1) is 0 Å². The van der Waals surface area contributed by atoms with E-state index in [1.165, 1.54) is 20.3 Å². The summed E-state index contributed by atoms with van der Waals surface area (Å²) in [5, 5.41) is 0. The van der Waals surface area contributed by atoms with Crippen molar-refractivity contribution in [2.24, 2.45) is 0 Å². The Bertz CT molecular complexity index is 792. The summed E-state index contributed by atoms with van der Waals surface area (Å²) in [5.74, 6) is -0.0837. The number of carbonyl (C=O) groups is 2. The Balaban J connectivity index is 2.11. The van der Waals surface area contributed by atoms with Gasteiger partial charge in [-0.25, -0.2) is 4.79 Å². The molecule has 0 saturated heterocycles. The Morgan fingerprint density at radius 1 is 1.04 bits per heavy atom. The Morgan fingerprint density at radius 2 is 1.80 bits per heavy atom. The van der Waals surface area contributed by atoms with Gasteiger partial charge in [0.25, 0.3) is 0 Å². The van der Waals surface area contributed by atoms with Crippen molar-refractivity contribution >= 4 is 18.0 Å². The molecule has 0 aliphatic carbocycles. The number of aryl methyl sites for hydroxylation is 1. The van der Waals surface area contributed by atoms with Gasteiger partial charge in [0.1, 0.15) is 0 Å². The van der Waals surface area contributed by atoms with E-state index in [0.717, 1.165) is 16.7 Å². The van der Waals surface area contributed by atoms with Crippen LogP contribution in [-0.4, -0.2) is 26.2 Å². The molecule has 0 amide bonds. The quantitative estimate of drug-likeness (QED) is 0.458. The van der Waals surface area contributed by atoms with Crippen LogP contribution in [0.4, 0.5) is 0 Å². The van der Waals surface area contributed by atoms with Gasteiger partial charge < -0.3 is 14.2 Å². The van der Waals surface area contributed by atoms with Gasteiger partial charge in [0.15, 0.2) is 11.5 Å². The van der Waals surface area contributed by atoms with Crippen molar-refractivity contribution < 1.29 is 23.8 Å². The summed E-state index contributed by atoms with van der Waals surface area (Å²) in [4.78, 5) is 23.3. The van der Waals surface area contributed by atoms with E-state index in [0.29, 0.717) is 11.5 Å². The number of esters is 2. The predicted octanol–water partition coefficient (Wildman–Crippen LogP) is 3.34. The molecule has 0 atom stereocenters. The maximum atomic E-state index is 12.2. The minimum Gasteiger partial charge on any atom is -0.493 e. The van der Waals surface area contributed by atoms with Crippen LogP contribution < -0.4 is 9.47 Å². The van der Waals surface area contributed by atoms with Gasteiger partial charge in [-0.2, -0.15) is 0 Å². The van der Waals surface area contributed by atoms with Gasteiger partial charge in [-0.3, -0.25) is 4.79 Å². The van der Waals surface area contributed by atoms with Crippen LogP contribution in [0.1, 0.15) is 16.7 Å². The minimum atomic E-state index is -0.451. The molecule has 0 spiro atoms. The second-order valence-corrected chi connectivity index (χ2v) is 5.34. The third kappa shape index (κ3) is 5.21. The molecule has 0 heterocycles. The first-order chi connectivity index (χ1) is 12.0. The molecular weight excluding hydrogens is 320 g/mol. The van der Waals surface area contributed by atoms with E-state index in [-0.39, 0.29) is 12.4 Å². The molecule has 0 aliphatic heterocycles. The van der Waals surface area contributed by atoms with Crippen LogP contribution in [0.2, 0.25) is 0 Å². The van der Waals surface area contributed by atoms with Crippen molar-refractivity contribution in [3.63, 3.8) is 0 Å². The molecule has 0 saturated carbocycles. The normalized spacial score (nSPS) is 10.5. The van der Waals surface area contributed by atoms with Crippen LogP contribution in [0.15, 0.2) is 48.5 Å². The van der Waals surface area contributed by atoms with E-state index >= 15 is 0 Å². The highest BCUT2D eigenvalue weighted by atomic mass is 16.6. The summed E-state index contributed by atoms with van der Waals surface area (Å²) in [7, 11) is 2.80. The number of ether oxygens (including phenoxy) is 3. The molecule has 2 rings (SSSR count). The Hall–Kier alpha value is -3.08. The van der Waals surface area contributed by atoms with E-state index in [1.54, 1.807) is 24.3 Å². The zero-order valence-corrected chi connectivity index (χ0v) is 14.4. The van der Waals surface area contributed by atoms with E-state index < -0.39 is 5.97 Å². The molecule has 130 valence electrons. The maximum absolute atomic E-state index is 12.2. The summed E-state index contributed by atoms with van der Waals surface area (Å²) in [6.45, 7) is 1.95. The van der Waals surface area contributed by atoms with Crippen molar-refractivity contribution in [3.8, 4) is 11.5 Å². The number of benzene rings is 2. The largest absolute Gasteiger partial charge is 0.493 e. The molecule has 2 aromatic carbocycles. The van der Waals surface area contributed by atoms with Crippen LogP contribution in [-0.2, 0) is 20.7 Å². The van der Waals surface area contributed by atoms with Crippen molar-refractivity contribution in [2.75, 3.05) is 14.2 Å². The SMILES string of the molecule is COC(=O)/C=C/c1ccc(OC(=O)Cc2ccccc2C)c(OC)c1. The van der Waals surface area contributed by atoms with Crippen LogP contribution in [0.25, 0.3) is 6.08 Å². The Kier molecular flexibility index (Phi) is 6.34. The minimum absolute atomic E-state index is 0.180. The second kappa shape index (κ2) is 8.68. The Labute approximate surface area is 146 Å². The summed E-state index contributed by atoms with van der Waals surface area (Å²) >= 11 is 0. The van der Waals surface area contributed by atoms with Gasteiger partial charge in [0.2, 0.25) is 0 Å². The number of rotatable bonds is 6. The third-order valence-corrected chi connectivity index (χ3v) is 3.62. The molecular formula is C20H20O5. The first-order valence-electron chi connectivity index (χ1n) is 7.72. The molecule has 2 aromatic rings. The first-order valence-corrected chi connectivity index (χ1v) is 7.72. The average molecular weight is 340 g/mol. The molecule has 0 bridgehead atoms. The standard InChI is InChI=1S/C20H20O5/c1-14-6-4-5-7-16(14)13-20(22)25-17-10-8-15(12-18(17)23-2)9-11-19(21)24-3/h4-12H,13H2,1-3H3/b11-9+. The van der Waals surface area contributed by atoms with E-state index in [1.807, 2.05) is 31.2 Å². The van der Waals surface area contributed by atoms with Gasteiger partial charge in [-0.05, 0) is 41.8 Å². The molecule has 5 nitrogen and oxygen atoms in total. The van der Waals surface area contributed by atoms with E-state index in [2.05, 4.69) is 4.74 Å². The van der Waals surface area contributed by atoms with Gasteiger partial charge in [-0.1, -0.05) is 30.3 Å². The zero-order chi connectivity index (χ0) is 18.2. The lowest BCUT2D eigenvalue weighted by Gasteiger charge is -2.11. The lowest BCUT2D eigenvalue weighted by Crippen LogP contribution is -2.12. The monoisotopic (exact) mass is 340 g/mol. The fourth-order valence-corrected chi connectivity index (χ4v) is 2.23. The van der Waals surface area contributed by atoms with E-state index in [4.69, 9.17) is 9.47 Å². The second-order valence-electron chi connectivity index (χ2n) is 5.34. The molecule has 0 aliphatic rings. The van der Waals surface area contributed by atoms with Crippen LogP contribution in [0.3, 0.4) is 0 Å². The number of methoxy groups -OCH3 is 2. The third-order valence-electron chi connectivity index (χ3n) is 3.62. The summed E-state index contributed by atoms with van der Waals surface area (Å²) < 4.78 is 15.2. The predicted molar refractivity (Wildman–Crippen MR) is 94.6 cm³/mol. The van der Waals surface area contributed by atoms with E-state index in [9.17, 15) is 9.59 Å². The molecule has 0 unspecified atom stereocenters. The fourth-order valence-electron chi connectivity index (χ4n) is 2.23. The van der Waals surface area contributed by atoms with Gasteiger partial charge >= 0.3 is 11.9 Å². The highest BCUT2D eigenvalue weighted by Crippen LogP contribution is 2.29. The smallest absolute Gasteiger partial charge is 0.330 e. The molecule has 0 aromatic heterocycles. The summed E-state index contributed by atoms with van der Waals surface area (Å²) in [6, 6.07) is 12.7. The highest BCUT2D eigenvalue weighted by molar-refractivity contribution is 5.87. The maximum Gasteiger partial charge on any atom is 0.330 e. The molecule has 0 N–H and O–H groups in total. The summed E-state index contributed by atoms with van der Waals surface area (Å²) in [6.07, 6.45) is 3.08. The van der Waals surface area contributed by atoms with Crippen LogP contribution >= 0.6 is 0 Å². The highest BCUT2D eigenvalue weighted by Gasteiger charge is 2.12. The van der Waals surface area contributed by atoms with Crippen molar-refractivity contribution in [3.05, 3.63) is 65.2 Å². The number of carbonyl (C=O) groups excluding carboxylic acids is 2. The van der Waals surface area contributed by atoms with Crippen molar-refractivity contribution in [1.82, 2.24) is 0 Å². The summed E-state index contributed by atoms with van der Waals surface area (Å²) in [5.41, 5.74) is 2.68. The molecule has 0 fully saturated rings. The van der Waals surface area contributed by atoms with Gasteiger partial charge in [0, 0.05) is 6.08 Å².